The van der Waals surface area contributed by atoms with E-state index in [2.05, 4.69) is 36.5 Å². The van der Waals surface area contributed by atoms with Crippen LogP contribution in [0.5, 0.6) is 5.75 Å². The predicted molar refractivity (Wildman–Crippen MR) is 104 cm³/mol. The molecule has 27 heavy (non-hydrogen) atoms. The van der Waals surface area contributed by atoms with Gasteiger partial charge in [0.1, 0.15) is 10.6 Å². The van der Waals surface area contributed by atoms with E-state index in [1.807, 2.05) is 6.92 Å². The number of benzene rings is 1. The maximum Gasteiger partial charge on any atom is 0.287 e. The van der Waals surface area contributed by atoms with Gasteiger partial charge in [-0.15, -0.1) is 11.3 Å². The molecule has 3 N–H and O–H groups in total. The average molecular weight is 449 g/mol. The molecule has 0 radical (unpaired) electrons. The maximum absolute atomic E-state index is 12.4. The molecular weight excluding hydrogens is 436 g/mol. The minimum absolute atomic E-state index is 0.0110. The highest BCUT2D eigenvalue weighted by Gasteiger charge is 2.18. The van der Waals surface area contributed by atoms with Crippen LogP contribution < -0.4 is 20.9 Å². The zero-order chi connectivity index (χ0) is 19.1. The van der Waals surface area contributed by atoms with E-state index < -0.39 is 5.91 Å². The number of aromatic amines is 1. The van der Waals surface area contributed by atoms with Crippen molar-refractivity contribution in [3.63, 3.8) is 0 Å². The van der Waals surface area contributed by atoms with Gasteiger partial charge in [0, 0.05) is 6.54 Å². The highest BCUT2D eigenvalue weighted by molar-refractivity contribution is 9.11. The van der Waals surface area contributed by atoms with Gasteiger partial charge in [-0.2, -0.15) is 0 Å². The van der Waals surface area contributed by atoms with Gasteiger partial charge in [0.2, 0.25) is 5.82 Å². The summed E-state index contributed by atoms with van der Waals surface area (Å²) in [6, 6.07) is 5.25. The third-order valence-corrected chi connectivity index (χ3v) is 6.14. The van der Waals surface area contributed by atoms with Crippen molar-refractivity contribution >= 4 is 55.0 Å². The molecule has 0 bridgehead atoms. The summed E-state index contributed by atoms with van der Waals surface area (Å²) in [5, 5.41) is 5.91. The molecule has 0 atom stereocenters. The van der Waals surface area contributed by atoms with Gasteiger partial charge in [-0.25, -0.2) is 4.98 Å². The molecule has 138 valence electrons. The van der Waals surface area contributed by atoms with E-state index >= 15 is 0 Å². The van der Waals surface area contributed by atoms with Crippen molar-refractivity contribution in [2.24, 2.45) is 0 Å². The van der Waals surface area contributed by atoms with Gasteiger partial charge in [-0.1, -0.05) is 6.07 Å². The van der Waals surface area contributed by atoms with Crippen molar-refractivity contribution in [2.45, 2.75) is 13.5 Å². The Morgan fingerprint density at radius 1 is 1.41 bits per heavy atom. The zero-order valence-electron chi connectivity index (χ0n) is 14.0. The summed E-state index contributed by atoms with van der Waals surface area (Å²) in [6.45, 7) is 2.01. The van der Waals surface area contributed by atoms with Crippen molar-refractivity contribution < 1.29 is 14.3 Å². The topological polar surface area (TPSA) is 113 Å². The standard InChI is InChI=1S/C17H13BrN4O4S/c1-7-12-15(24)21-14(22-17(12)27-13(7)18)16(25)19-5-8-2-3-10-9(4-8)20-11(23)6-26-10/h2-4H,5-6H2,1H3,(H,19,25)(H,20,23)(H,21,22,24). The van der Waals surface area contributed by atoms with Crippen molar-refractivity contribution in [3.8, 4) is 5.75 Å². The fourth-order valence-corrected chi connectivity index (χ4v) is 4.30. The van der Waals surface area contributed by atoms with Gasteiger partial charge in [0.25, 0.3) is 17.4 Å². The van der Waals surface area contributed by atoms with Crippen LogP contribution in [0.1, 0.15) is 21.7 Å². The van der Waals surface area contributed by atoms with E-state index in [1.165, 1.54) is 11.3 Å². The van der Waals surface area contributed by atoms with Crippen molar-refractivity contribution in [1.29, 1.82) is 0 Å². The van der Waals surface area contributed by atoms with Gasteiger partial charge in [-0.3, -0.25) is 14.4 Å². The largest absolute Gasteiger partial charge is 0.482 e. The highest BCUT2D eigenvalue weighted by Crippen LogP contribution is 2.31. The number of carbonyl (C=O) groups excluding carboxylic acids is 2. The summed E-state index contributed by atoms with van der Waals surface area (Å²) < 4.78 is 6.11. The molecule has 2 aromatic heterocycles. The monoisotopic (exact) mass is 448 g/mol. The number of fused-ring (bicyclic) bond motifs is 2. The molecular formula is C17H13BrN4O4S. The third kappa shape index (κ3) is 3.33. The molecule has 0 unspecified atom stereocenters. The van der Waals surface area contributed by atoms with Crippen molar-refractivity contribution in [2.75, 3.05) is 11.9 Å². The van der Waals surface area contributed by atoms with Gasteiger partial charge >= 0.3 is 0 Å². The minimum Gasteiger partial charge on any atom is -0.482 e. The number of aromatic nitrogens is 2. The Morgan fingerprint density at radius 2 is 2.22 bits per heavy atom. The Kier molecular flexibility index (Phi) is 4.44. The minimum atomic E-state index is -0.491. The Hall–Kier alpha value is -2.72. The zero-order valence-corrected chi connectivity index (χ0v) is 16.4. The Bertz CT molecular complexity index is 1150. The first kappa shape index (κ1) is 17.7. The second-order valence-electron chi connectivity index (χ2n) is 5.95. The molecule has 4 rings (SSSR count). The molecule has 1 aliphatic heterocycles. The van der Waals surface area contributed by atoms with E-state index in [-0.39, 0.29) is 30.4 Å². The van der Waals surface area contributed by atoms with Crippen LogP contribution in [-0.2, 0) is 11.3 Å². The molecule has 1 aliphatic rings. The number of carbonyl (C=O) groups is 2. The smallest absolute Gasteiger partial charge is 0.287 e. The van der Waals surface area contributed by atoms with Crippen LogP contribution in [0, 0.1) is 6.92 Å². The van der Waals surface area contributed by atoms with E-state index in [9.17, 15) is 14.4 Å². The number of hydrogen-bond donors (Lipinski definition) is 3. The lowest BCUT2D eigenvalue weighted by Crippen LogP contribution is -2.28. The number of nitrogens with one attached hydrogen (secondary N) is 3. The van der Waals surface area contributed by atoms with Gasteiger partial charge in [0.15, 0.2) is 6.61 Å². The van der Waals surface area contributed by atoms with Crippen LogP contribution in [-0.4, -0.2) is 28.4 Å². The molecule has 3 heterocycles. The first-order valence-electron chi connectivity index (χ1n) is 7.95. The lowest BCUT2D eigenvalue weighted by molar-refractivity contribution is -0.118. The number of rotatable bonds is 3. The van der Waals surface area contributed by atoms with Crippen LogP contribution in [0.2, 0.25) is 0 Å². The molecule has 0 aliphatic carbocycles. The summed E-state index contributed by atoms with van der Waals surface area (Å²) in [6.07, 6.45) is 0. The van der Waals surface area contributed by atoms with Crippen molar-refractivity contribution in [1.82, 2.24) is 15.3 Å². The number of H-pyrrole nitrogens is 1. The number of hydrogen-bond acceptors (Lipinski definition) is 6. The lowest BCUT2D eigenvalue weighted by Gasteiger charge is -2.18. The van der Waals surface area contributed by atoms with Crippen LogP contribution >= 0.6 is 27.3 Å². The molecule has 2 amide bonds. The second-order valence-corrected chi connectivity index (χ2v) is 8.26. The Labute approximate surface area is 165 Å². The van der Waals surface area contributed by atoms with Crippen molar-refractivity contribution in [3.05, 3.63) is 49.3 Å². The van der Waals surface area contributed by atoms with Gasteiger partial charge in [0.05, 0.1) is 14.9 Å². The average Bonchev–Trinajstić information content (AvgIpc) is 2.93. The summed E-state index contributed by atoms with van der Waals surface area (Å²) >= 11 is 4.69. The Morgan fingerprint density at radius 3 is 3.04 bits per heavy atom. The Balaban J connectivity index is 1.53. The first-order chi connectivity index (χ1) is 12.9. The summed E-state index contributed by atoms with van der Waals surface area (Å²) in [7, 11) is 0. The van der Waals surface area contributed by atoms with Gasteiger partial charge < -0.3 is 20.4 Å². The normalized spacial score (nSPS) is 13.0. The van der Waals surface area contributed by atoms with E-state index in [4.69, 9.17) is 4.74 Å². The summed E-state index contributed by atoms with van der Waals surface area (Å²) in [5.41, 5.74) is 1.78. The number of ether oxygens (including phenoxy) is 1. The molecule has 1 aromatic carbocycles. The molecule has 0 saturated carbocycles. The van der Waals surface area contributed by atoms with Crippen LogP contribution in [0.4, 0.5) is 5.69 Å². The number of aryl methyl sites for hydroxylation is 1. The molecule has 0 spiro atoms. The molecule has 0 fully saturated rings. The van der Waals surface area contributed by atoms with E-state index in [0.717, 1.165) is 14.9 Å². The predicted octanol–water partition coefficient (Wildman–Crippen LogP) is 2.32. The molecule has 8 nitrogen and oxygen atoms in total. The van der Waals surface area contributed by atoms with E-state index in [0.29, 0.717) is 21.7 Å². The number of halogens is 1. The summed E-state index contributed by atoms with van der Waals surface area (Å²) in [4.78, 5) is 43.3. The number of anilines is 1. The van der Waals surface area contributed by atoms with Crippen LogP contribution in [0.25, 0.3) is 10.2 Å². The fraction of sp³-hybridized carbons (Fsp3) is 0.176. The molecule has 10 heteroatoms. The fourth-order valence-electron chi connectivity index (χ4n) is 2.73. The molecule has 0 saturated heterocycles. The number of thiophene rings is 1. The SMILES string of the molecule is Cc1c(Br)sc2nc(C(=O)NCc3ccc4c(c3)NC(=O)CO4)[nH]c(=O)c12. The summed E-state index contributed by atoms with van der Waals surface area (Å²) in [5.74, 6) is -0.180. The highest BCUT2D eigenvalue weighted by atomic mass is 79.9. The quantitative estimate of drug-likeness (QED) is 0.568. The second kappa shape index (κ2) is 6.78. The third-order valence-electron chi connectivity index (χ3n) is 4.09. The molecule has 3 aromatic rings. The number of amides is 2. The first-order valence-corrected chi connectivity index (χ1v) is 9.56. The maximum atomic E-state index is 12.4. The van der Waals surface area contributed by atoms with E-state index in [1.54, 1.807) is 18.2 Å². The number of nitrogens with zero attached hydrogens (tertiary/aromatic N) is 1. The van der Waals surface area contributed by atoms with Crippen LogP contribution in [0.15, 0.2) is 26.8 Å². The van der Waals surface area contributed by atoms with Crippen LogP contribution in [0.3, 0.4) is 0 Å². The lowest BCUT2D eigenvalue weighted by atomic mass is 10.1. The van der Waals surface area contributed by atoms with Gasteiger partial charge in [-0.05, 0) is 46.1 Å².